The highest BCUT2D eigenvalue weighted by molar-refractivity contribution is 7.92. The van der Waals surface area contributed by atoms with Crippen molar-refractivity contribution in [2.45, 2.75) is 31.4 Å². The van der Waals surface area contributed by atoms with E-state index in [0.29, 0.717) is 19.4 Å². The number of unbranched alkanes of at least 4 members (excludes halogenated alkanes) is 1. The number of carboxylic acid groups (broad SMARTS) is 1. The maximum absolute atomic E-state index is 11.3. The van der Waals surface area contributed by atoms with E-state index >= 15 is 0 Å². The lowest BCUT2D eigenvalue weighted by Gasteiger charge is -2.09. The number of aliphatic carboxylic acids is 1. The van der Waals surface area contributed by atoms with Crippen molar-refractivity contribution >= 4 is 21.7 Å². The van der Waals surface area contributed by atoms with Crippen LogP contribution in [-0.2, 0) is 19.4 Å². The first kappa shape index (κ1) is 14.9. The smallest absolute Gasteiger partial charge is 0.303 e. The lowest BCUT2D eigenvalue weighted by Crippen LogP contribution is -2.37. The van der Waals surface area contributed by atoms with Gasteiger partial charge in [-0.05, 0) is 19.8 Å². The highest BCUT2D eigenvalue weighted by Gasteiger charge is 2.22. The quantitative estimate of drug-likeness (QED) is 0.610. The monoisotopic (exact) mass is 251 g/mol. The number of carbonyl (C=O) groups excluding carboxylic acids is 1. The SMILES string of the molecule is CC(C(=O)NCCCCC(=O)O)S(C)(=O)=O. The molecule has 0 spiro atoms. The van der Waals surface area contributed by atoms with Crippen LogP contribution in [0.25, 0.3) is 0 Å². The van der Waals surface area contributed by atoms with Crippen LogP contribution >= 0.6 is 0 Å². The van der Waals surface area contributed by atoms with Crippen LogP contribution in [0, 0.1) is 0 Å². The van der Waals surface area contributed by atoms with Gasteiger partial charge in [0.2, 0.25) is 5.91 Å². The van der Waals surface area contributed by atoms with Gasteiger partial charge in [0.05, 0.1) is 0 Å². The average Bonchev–Trinajstić information content (AvgIpc) is 2.13. The van der Waals surface area contributed by atoms with Crippen molar-refractivity contribution in [1.29, 1.82) is 0 Å². The van der Waals surface area contributed by atoms with Gasteiger partial charge < -0.3 is 10.4 Å². The number of hydrogen-bond acceptors (Lipinski definition) is 4. The predicted molar refractivity (Wildman–Crippen MR) is 58.8 cm³/mol. The van der Waals surface area contributed by atoms with Crippen molar-refractivity contribution in [3.63, 3.8) is 0 Å². The fourth-order valence-electron chi connectivity index (χ4n) is 0.951. The average molecular weight is 251 g/mol. The van der Waals surface area contributed by atoms with Crippen LogP contribution in [0.4, 0.5) is 0 Å². The largest absolute Gasteiger partial charge is 0.481 e. The zero-order valence-electron chi connectivity index (χ0n) is 9.39. The van der Waals surface area contributed by atoms with E-state index in [1.165, 1.54) is 6.92 Å². The number of sulfone groups is 1. The van der Waals surface area contributed by atoms with E-state index in [0.717, 1.165) is 6.26 Å². The van der Waals surface area contributed by atoms with Gasteiger partial charge in [-0.15, -0.1) is 0 Å². The summed E-state index contributed by atoms with van der Waals surface area (Å²) in [6, 6.07) is 0. The molecule has 2 N–H and O–H groups in total. The molecule has 0 aromatic heterocycles. The summed E-state index contributed by atoms with van der Waals surface area (Å²) in [6.07, 6.45) is 2.04. The molecule has 0 aliphatic rings. The lowest BCUT2D eigenvalue weighted by atomic mass is 10.2. The second-order valence-corrected chi connectivity index (χ2v) is 5.98. The number of rotatable bonds is 7. The Morgan fingerprint density at radius 1 is 1.31 bits per heavy atom. The second kappa shape index (κ2) is 6.47. The van der Waals surface area contributed by atoms with Gasteiger partial charge in [0.15, 0.2) is 9.84 Å². The summed E-state index contributed by atoms with van der Waals surface area (Å²) < 4.78 is 22.0. The molecule has 1 amide bonds. The predicted octanol–water partition coefficient (Wildman–Crippen LogP) is -0.209. The Morgan fingerprint density at radius 3 is 2.31 bits per heavy atom. The van der Waals surface area contributed by atoms with Crippen LogP contribution in [0.1, 0.15) is 26.2 Å². The van der Waals surface area contributed by atoms with E-state index in [-0.39, 0.29) is 6.42 Å². The van der Waals surface area contributed by atoms with Crippen molar-refractivity contribution in [2.24, 2.45) is 0 Å². The Bertz CT molecular complexity index is 349. The summed E-state index contributed by atoms with van der Waals surface area (Å²) in [4.78, 5) is 21.4. The number of carbonyl (C=O) groups is 2. The molecule has 94 valence electrons. The van der Waals surface area contributed by atoms with Crippen molar-refractivity contribution in [1.82, 2.24) is 5.32 Å². The van der Waals surface area contributed by atoms with E-state index < -0.39 is 27.0 Å². The van der Waals surface area contributed by atoms with E-state index in [2.05, 4.69) is 5.32 Å². The fraction of sp³-hybridized carbons (Fsp3) is 0.778. The summed E-state index contributed by atoms with van der Waals surface area (Å²) in [6.45, 7) is 1.62. The maximum Gasteiger partial charge on any atom is 0.303 e. The highest BCUT2D eigenvalue weighted by atomic mass is 32.2. The molecule has 0 aromatic carbocycles. The molecular formula is C9H17NO5S. The minimum atomic E-state index is -3.36. The van der Waals surface area contributed by atoms with Gasteiger partial charge in [0.25, 0.3) is 0 Å². The molecule has 0 saturated heterocycles. The second-order valence-electron chi connectivity index (χ2n) is 3.61. The van der Waals surface area contributed by atoms with Crippen LogP contribution in [0.5, 0.6) is 0 Å². The van der Waals surface area contributed by atoms with Crippen LogP contribution in [0.15, 0.2) is 0 Å². The molecule has 6 nitrogen and oxygen atoms in total. The first-order valence-corrected chi connectivity index (χ1v) is 6.89. The molecule has 0 fully saturated rings. The normalized spacial score (nSPS) is 13.1. The van der Waals surface area contributed by atoms with Gasteiger partial charge in [-0.2, -0.15) is 0 Å². The van der Waals surface area contributed by atoms with Crippen LogP contribution in [0.2, 0.25) is 0 Å². The minimum absolute atomic E-state index is 0.0531. The van der Waals surface area contributed by atoms with E-state index in [1.54, 1.807) is 0 Å². The third kappa shape index (κ3) is 6.39. The first-order chi connectivity index (χ1) is 7.25. The van der Waals surface area contributed by atoms with Crippen LogP contribution in [0.3, 0.4) is 0 Å². The van der Waals surface area contributed by atoms with Gasteiger partial charge >= 0.3 is 5.97 Å². The molecule has 0 saturated carbocycles. The Morgan fingerprint density at radius 2 is 1.88 bits per heavy atom. The summed E-state index contributed by atoms with van der Waals surface area (Å²) in [5, 5.41) is 9.74. The Hall–Kier alpha value is -1.11. The molecule has 0 aliphatic heterocycles. The van der Waals surface area contributed by atoms with Gasteiger partial charge in [0.1, 0.15) is 5.25 Å². The van der Waals surface area contributed by atoms with E-state index in [1.807, 2.05) is 0 Å². The van der Waals surface area contributed by atoms with Gasteiger partial charge in [-0.3, -0.25) is 9.59 Å². The molecule has 1 unspecified atom stereocenters. The number of carboxylic acids is 1. The van der Waals surface area contributed by atoms with Crippen molar-refractivity contribution in [3.05, 3.63) is 0 Å². The van der Waals surface area contributed by atoms with E-state index in [9.17, 15) is 18.0 Å². The first-order valence-electron chi connectivity index (χ1n) is 4.93. The number of nitrogens with one attached hydrogen (secondary N) is 1. The molecule has 16 heavy (non-hydrogen) atoms. The molecule has 0 bridgehead atoms. The van der Waals surface area contributed by atoms with Crippen LogP contribution < -0.4 is 5.32 Å². The highest BCUT2D eigenvalue weighted by Crippen LogP contribution is 1.98. The maximum atomic E-state index is 11.3. The summed E-state index contributed by atoms with van der Waals surface area (Å²) in [5.74, 6) is -1.42. The van der Waals surface area contributed by atoms with Crippen LogP contribution in [-0.4, -0.2) is 43.5 Å². The molecular weight excluding hydrogens is 234 g/mol. The van der Waals surface area contributed by atoms with Crippen molar-refractivity contribution in [3.8, 4) is 0 Å². The third-order valence-electron chi connectivity index (χ3n) is 2.13. The van der Waals surface area contributed by atoms with Crippen molar-refractivity contribution < 1.29 is 23.1 Å². The summed E-state index contributed by atoms with van der Waals surface area (Å²) in [7, 11) is -3.36. The van der Waals surface area contributed by atoms with E-state index in [4.69, 9.17) is 5.11 Å². The van der Waals surface area contributed by atoms with Gasteiger partial charge in [-0.1, -0.05) is 0 Å². The van der Waals surface area contributed by atoms with Gasteiger partial charge in [-0.25, -0.2) is 8.42 Å². The zero-order chi connectivity index (χ0) is 12.8. The number of hydrogen-bond donors (Lipinski definition) is 2. The number of amides is 1. The molecule has 1 atom stereocenters. The minimum Gasteiger partial charge on any atom is -0.481 e. The van der Waals surface area contributed by atoms with Crippen molar-refractivity contribution in [2.75, 3.05) is 12.8 Å². The summed E-state index contributed by atoms with van der Waals surface area (Å²) in [5.41, 5.74) is 0. The summed E-state index contributed by atoms with van der Waals surface area (Å²) >= 11 is 0. The molecule has 0 aromatic rings. The molecule has 0 rings (SSSR count). The topological polar surface area (TPSA) is 101 Å². The molecule has 0 heterocycles. The Labute approximate surface area is 95.0 Å². The molecule has 7 heteroatoms. The fourth-order valence-corrected chi connectivity index (χ4v) is 1.42. The molecule has 0 radical (unpaired) electrons. The van der Waals surface area contributed by atoms with Gasteiger partial charge in [0, 0.05) is 19.2 Å². The third-order valence-corrected chi connectivity index (χ3v) is 3.63. The lowest BCUT2D eigenvalue weighted by molar-refractivity contribution is -0.137. The Balaban J connectivity index is 3.79. The molecule has 0 aliphatic carbocycles. The standard InChI is InChI=1S/C9H17NO5S/c1-7(16(2,14)15)9(13)10-6-4-3-5-8(11)12/h7H,3-6H2,1-2H3,(H,10,13)(H,11,12). The zero-order valence-corrected chi connectivity index (χ0v) is 10.2. The Kier molecular flexibility index (Phi) is 6.02.